The van der Waals surface area contributed by atoms with Crippen LogP contribution in [-0.4, -0.2) is 23.3 Å². The summed E-state index contributed by atoms with van der Waals surface area (Å²) in [6.07, 6.45) is 0.164. The molecule has 1 aromatic rings. The Morgan fingerprint density at radius 3 is 2.69 bits per heavy atom. The molecular formula is C11H13ClO4. The first-order valence-corrected chi connectivity index (χ1v) is 5.12. The van der Waals surface area contributed by atoms with Gasteiger partial charge in [-0.2, -0.15) is 0 Å². The van der Waals surface area contributed by atoms with E-state index in [-0.39, 0.29) is 17.2 Å². The summed E-state index contributed by atoms with van der Waals surface area (Å²) in [5.74, 6) is -1.14. The molecule has 1 unspecified atom stereocenters. The van der Waals surface area contributed by atoms with Gasteiger partial charge >= 0.3 is 5.97 Å². The van der Waals surface area contributed by atoms with Crippen LogP contribution in [0.1, 0.15) is 12.5 Å². The summed E-state index contributed by atoms with van der Waals surface area (Å²) >= 11 is 5.99. The minimum absolute atomic E-state index is 0.0149. The van der Waals surface area contributed by atoms with Crippen LogP contribution in [-0.2, 0) is 11.2 Å². The highest BCUT2D eigenvalue weighted by Crippen LogP contribution is 2.35. The van der Waals surface area contributed by atoms with Crippen molar-refractivity contribution in [2.75, 3.05) is 7.11 Å². The number of halogens is 1. The molecule has 0 aliphatic rings. The standard InChI is InChI=1S/C11H13ClO4/c1-6(11(14)15)5-7-8(13)3-4-9(16-2)10(7)12/h3-4,6,13H,5H2,1-2H3,(H,14,15). The van der Waals surface area contributed by atoms with Crippen molar-refractivity contribution in [3.8, 4) is 11.5 Å². The van der Waals surface area contributed by atoms with Crippen LogP contribution in [0.3, 0.4) is 0 Å². The largest absolute Gasteiger partial charge is 0.508 e. The van der Waals surface area contributed by atoms with E-state index in [2.05, 4.69) is 0 Å². The highest BCUT2D eigenvalue weighted by molar-refractivity contribution is 6.33. The molecule has 4 nitrogen and oxygen atoms in total. The average molecular weight is 245 g/mol. The Morgan fingerprint density at radius 1 is 1.56 bits per heavy atom. The summed E-state index contributed by atoms with van der Waals surface area (Å²) in [4.78, 5) is 10.7. The Morgan fingerprint density at radius 2 is 2.19 bits per heavy atom. The van der Waals surface area contributed by atoms with Crippen molar-refractivity contribution >= 4 is 17.6 Å². The molecular weight excluding hydrogens is 232 g/mol. The summed E-state index contributed by atoms with van der Waals surface area (Å²) in [6, 6.07) is 2.97. The van der Waals surface area contributed by atoms with Crippen molar-refractivity contribution in [2.24, 2.45) is 5.92 Å². The third-order valence-corrected chi connectivity index (χ3v) is 2.75. The Kier molecular flexibility index (Phi) is 4.01. The third-order valence-electron chi connectivity index (χ3n) is 2.33. The average Bonchev–Trinajstić information content (AvgIpc) is 2.24. The smallest absolute Gasteiger partial charge is 0.306 e. The molecule has 16 heavy (non-hydrogen) atoms. The number of aliphatic carboxylic acids is 1. The molecule has 0 amide bonds. The molecule has 5 heteroatoms. The van der Waals surface area contributed by atoms with E-state index < -0.39 is 11.9 Å². The number of carbonyl (C=O) groups is 1. The monoisotopic (exact) mass is 244 g/mol. The minimum atomic E-state index is -0.932. The van der Waals surface area contributed by atoms with E-state index in [0.717, 1.165) is 0 Å². The number of hydrogen-bond acceptors (Lipinski definition) is 3. The summed E-state index contributed by atoms with van der Waals surface area (Å²) in [7, 11) is 1.46. The van der Waals surface area contributed by atoms with Crippen LogP contribution >= 0.6 is 11.6 Å². The summed E-state index contributed by atoms with van der Waals surface area (Å²) in [5, 5.41) is 18.7. The Hall–Kier alpha value is -1.42. The number of carboxylic acid groups (broad SMARTS) is 1. The fourth-order valence-electron chi connectivity index (χ4n) is 1.33. The van der Waals surface area contributed by atoms with Gasteiger partial charge in [0.25, 0.3) is 0 Å². The Labute approximate surface area is 98.4 Å². The van der Waals surface area contributed by atoms with Crippen LogP contribution < -0.4 is 4.74 Å². The number of hydrogen-bond donors (Lipinski definition) is 2. The second kappa shape index (κ2) is 5.07. The maximum absolute atomic E-state index is 10.7. The molecule has 0 heterocycles. The number of phenols is 1. The molecule has 1 rings (SSSR count). The van der Waals surface area contributed by atoms with Gasteiger partial charge in [0.05, 0.1) is 18.1 Å². The van der Waals surface area contributed by atoms with E-state index >= 15 is 0 Å². The Balaban J connectivity index is 3.07. The molecule has 0 saturated carbocycles. The molecule has 0 fully saturated rings. The maximum atomic E-state index is 10.7. The minimum Gasteiger partial charge on any atom is -0.508 e. The molecule has 88 valence electrons. The lowest BCUT2D eigenvalue weighted by Crippen LogP contribution is -2.12. The van der Waals surface area contributed by atoms with Gasteiger partial charge < -0.3 is 14.9 Å². The number of aromatic hydroxyl groups is 1. The molecule has 2 N–H and O–H groups in total. The van der Waals surface area contributed by atoms with Crippen LogP contribution in [0, 0.1) is 5.92 Å². The van der Waals surface area contributed by atoms with E-state index in [1.807, 2.05) is 0 Å². The number of benzene rings is 1. The fourth-order valence-corrected chi connectivity index (χ4v) is 1.65. The first-order chi connectivity index (χ1) is 7.47. The molecule has 0 aromatic heterocycles. The van der Waals surface area contributed by atoms with Crippen LogP contribution in [0.5, 0.6) is 11.5 Å². The molecule has 0 bridgehead atoms. The zero-order valence-electron chi connectivity index (χ0n) is 9.03. The first kappa shape index (κ1) is 12.6. The number of rotatable bonds is 4. The summed E-state index contributed by atoms with van der Waals surface area (Å²) < 4.78 is 4.99. The van der Waals surface area contributed by atoms with Crippen molar-refractivity contribution < 1.29 is 19.7 Å². The van der Waals surface area contributed by atoms with E-state index in [9.17, 15) is 9.90 Å². The highest BCUT2D eigenvalue weighted by Gasteiger charge is 2.18. The predicted molar refractivity (Wildman–Crippen MR) is 60.2 cm³/mol. The van der Waals surface area contributed by atoms with Gasteiger partial charge in [-0.3, -0.25) is 4.79 Å². The fraction of sp³-hybridized carbons (Fsp3) is 0.364. The number of methoxy groups -OCH3 is 1. The molecule has 1 aromatic carbocycles. The van der Waals surface area contributed by atoms with Gasteiger partial charge in [0.1, 0.15) is 11.5 Å². The van der Waals surface area contributed by atoms with Gasteiger partial charge in [0.2, 0.25) is 0 Å². The van der Waals surface area contributed by atoms with Gasteiger partial charge in [-0.15, -0.1) is 0 Å². The van der Waals surface area contributed by atoms with Gasteiger partial charge in [0, 0.05) is 5.56 Å². The van der Waals surface area contributed by atoms with Crippen LogP contribution in [0.2, 0.25) is 5.02 Å². The molecule has 0 radical (unpaired) electrons. The SMILES string of the molecule is COc1ccc(O)c(CC(C)C(=O)O)c1Cl. The van der Waals surface area contributed by atoms with E-state index in [0.29, 0.717) is 11.3 Å². The van der Waals surface area contributed by atoms with Crippen LogP contribution in [0.4, 0.5) is 0 Å². The van der Waals surface area contributed by atoms with Gasteiger partial charge in [-0.25, -0.2) is 0 Å². The van der Waals surface area contributed by atoms with Gasteiger partial charge in [-0.05, 0) is 18.6 Å². The first-order valence-electron chi connectivity index (χ1n) is 4.74. The zero-order valence-corrected chi connectivity index (χ0v) is 9.78. The van der Waals surface area contributed by atoms with Crippen molar-refractivity contribution in [1.29, 1.82) is 0 Å². The number of phenolic OH excluding ortho intramolecular Hbond substituents is 1. The molecule has 0 saturated heterocycles. The summed E-state index contributed by atoms with van der Waals surface area (Å²) in [6.45, 7) is 1.55. The van der Waals surface area contributed by atoms with Crippen LogP contribution in [0.25, 0.3) is 0 Å². The van der Waals surface area contributed by atoms with Gasteiger partial charge in [0.15, 0.2) is 0 Å². The second-order valence-corrected chi connectivity index (χ2v) is 3.90. The van der Waals surface area contributed by atoms with Crippen molar-refractivity contribution in [1.82, 2.24) is 0 Å². The molecule has 1 atom stereocenters. The number of carboxylic acids is 1. The Bertz CT molecular complexity index is 403. The quantitative estimate of drug-likeness (QED) is 0.853. The maximum Gasteiger partial charge on any atom is 0.306 e. The molecule has 0 spiro atoms. The lowest BCUT2D eigenvalue weighted by Gasteiger charge is -2.12. The highest BCUT2D eigenvalue weighted by atomic mass is 35.5. The van der Waals surface area contributed by atoms with E-state index in [1.54, 1.807) is 6.92 Å². The van der Waals surface area contributed by atoms with Crippen LogP contribution in [0.15, 0.2) is 12.1 Å². The van der Waals surface area contributed by atoms with Gasteiger partial charge in [-0.1, -0.05) is 18.5 Å². The summed E-state index contributed by atoms with van der Waals surface area (Å²) in [5.41, 5.74) is 0.399. The lowest BCUT2D eigenvalue weighted by molar-refractivity contribution is -0.141. The van der Waals surface area contributed by atoms with E-state index in [4.69, 9.17) is 21.4 Å². The number of ether oxygens (including phenoxy) is 1. The van der Waals surface area contributed by atoms with Crippen molar-refractivity contribution in [3.05, 3.63) is 22.7 Å². The second-order valence-electron chi connectivity index (χ2n) is 3.52. The molecule has 0 aliphatic carbocycles. The van der Waals surface area contributed by atoms with Crippen molar-refractivity contribution in [3.63, 3.8) is 0 Å². The van der Waals surface area contributed by atoms with E-state index in [1.165, 1.54) is 19.2 Å². The van der Waals surface area contributed by atoms with Crippen molar-refractivity contribution in [2.45, 2.75) is 13.3 Å². The topological polar surface area (TPSA) is 66.8 Å². The zero-order chi connectivity index (χ0) is 12.3. The predicted octanol–water partition coefficient (Wildman–Crippen LogP) is 2.32. The lowest BCUT2D eigenvalue weighted by atomic mass is 10.00. The normalized spacial score (nSPS) is 12.2. The molecule has 0 aliphatic heterocycles. The third kappa shape index (κ3) is 2.58.